The minimum absolute atomic E-state index is 0.0514. The van der Waals surface area contributed by atoms with Crippen molar-refractivity contribution in [3.8, 4) is 0 Å². The smallest absolute Gasteiger partial charge is 0.366 e. The number of H-pyrrole nitrogens is 1. The van der Waals surface area contributed by atoms with Gasteiger partial charge in [0.15, 0.2) is 0 Å². The fourth-order valence-corrected chi connectivity index (χ4v) is 2.39. The maximum atomic E-state index is 12.4. The summed E-state index contributed by atoms with van der Waals surface area (Å²) in [5, 5.41) is 2.26. The van der Waals surface area contributed by atoms with E-state index in [4.69, 9.17) is 0 Å². The number of anilines is 1. The van der Waals surface area contributed by atoms with Crippen LogP contribution in [0.4, 0.5) is 18.9 Å². The molecule has 10 heteroatoms. The van der Waals surface area contributed by atoms with Crippen LogP contribution in [0.2, 0.25) is 0 Å². The lowest BCUT2D eigenvalue weighted by atomic mass is 10.2. The lowest BCUT2D eigenvalue weighted by Gasteiger charge is -2.09. The van der Waals surface area contributed by atoms with Gasteiger partial charge in [-0.15, -0.1) is 0 Å². The third-order valence-electron chi connectivity index (χ3n) is 2.80. The molecule has 0 aliphatic rings. The Kier molecular flexibility index (Phi) is 4.28. The molecule has 6 nitrogen and oxygen atoms in total. The van der Waals surface area contributed by atoms with Gasteiger partial charge in [-0.2, -0.15) is 13.2 Å². The molecule has 0 saturated carbocycles. The van der Waals surface area contributed by atoms with Gasteiger partial charge in [0.25, 0.3) is 15.7 Å². The van der Waals surface area contributed by atoms with Crippen LogP contribution >= 0.6 is 0 Å². The number of aromatic nitrogens is 1. The number of benzene rings is 1. The molecule has 1 amide bonds. The fourth-order valence-electron chi connectivity index (χ4n) is 1.63. The predicted molar refractivity (Wildman–Crippen MR) is 74.7 cm³/mol. The number of amides is 1. The van der Waals surface area contributed by atoms with Crippen molar-refractivity contribution in [2.45, 2.75) is 10.4 Å². The van der Waals surface area contributed by atoms with E-state index in [0.717, 1.165) is 12.1 Å². The highest BCUT2D eigenvalue weighted by atomic mass is 32.2. The van der Waals surface area contributed by atoms with Crippen LogP contribution in [0.3, 0.4) is 0 Å². The summed E-state index contributed by atoms with van der Waals surface area (Å²) in [6.45, 7) is 0. The molecule has 0 saturated heterocycles. The molecule has 2 aromatic rings. The molecule has 23 heavy (non-hydrogen) atoms. The Labute approximate surface area is 127 Å². The molecular weight excluding hydrogens is 337 g/mol. The molecule has 1 aromatic heterocycles. The van der Waals surface area contributed by atoms with Gasteiger partial charge in [-0.25, -0.2) is 8.42 Å². The molecule has 0 bridgehead atoms. The molecule has 2 N–H and O–H groups in total. The third-order valence-corrected chi connectivity index (χ3v) is 4.31. The first-order valence-corrected chi connectivity index (χ1v) is 7.51. The minimum Gasteiger partial charge on any atom is -0.366 e. The van der Waals surface area contributed by atoms with E-state index in [1.54, 1.807) is 0 Å². The Morgan fingerprint density at radius 1 is 1.09 bits per heavy atom. The zero-order chi connectivity index (χ0) is 17.3. The number of alkyl halides is 3. The number of hydrogen-bond acceptors (Lipinski definition) is 4. The van der Waals surface area contributed by atoms with Crippen LogP contribution in [0, 0.1) is 0 Å². The first kappa shape index (κ1) is 16.7. The second-order valence-electron chi connectivity index (χ2n) is 4.35. The Balaban J connectivity index is 2.25. The van der Waals surface area contributed by atoms with Gasteiger partial charge in [0.05, 0.1) is 4.90 Å². The number of halogens is 3. The highest BCUT2D eigenvalue weighted by molar-refractivity contribution is 7.92. The van der Waals surface area contributed by atoms with Gasteiger partial charge in [-0.05, 0) is 24.3 Å². The summed E-state index contributed by atoms with van der Waals surface area (Å²) >= 11 is 0. The molecule has 0 radical (unpaired) electrons. The van der Waals surface area contributed by atoms with Crippen molar-refractivity contribution < 1.29 is 26.4 Å². The topological polar surface area (TPSA) is 96.1 Å². The molecule has 2 rings (SSSR count). The summed E-state index contributed by atoms with van der Waals surface area (Å²) in [6, 6.07) is 4.37. The molecular formula is C13H9F3N2O4S. The van der Waals surface area contributed by atoms with Crippen molar-refractivity contribution in [3.63, 3.8) is 0 Å². The van der Waals surface area contributed by atoms with Crippen LogP contribution in [-0.4, -0.2) is 24.8 Å². The second-order valence-corrected chi connectivity index (χ2v) is 6.29. The summed E-state index contributed by atoms with van der Waals surface area (Å²) in [5.74, 6) is -0.766. The number of hydrogen-bond donors (Lipinski definition) is 2. The van der Waals surface area contributed by atoms with Gasteiger partial charge in [-0.1, -0.05) is 0 Å². The molecule has 0 spiro atoms. The van der Waals surface area contributed by atoms with Crippen molar-refractivity contribution in [1.29, 1.82) is 0 Å². The van der Waals surface area contributed by atoms with Gasteiger partial charge in [0.2, 0.25) is 5.43 Å². The fraction of sp³-hybridized carbons (Fsp3) is 0.0769. The van der Waals surface area contributed by atoms with E-state index in [2.05, 4.69) is 10.3 Å². The summed E-state index contributed by atoms with van der Waals surface area (Å²) in [7, 11) is -5.47. The number of pyridine rings is 1. The van der Waals surface area contributed by atoms with E-state index < -0.39 is 31.6 Å². The lowest BCUT2D eigenvalue weighted by molar-refractivity contribution is -0.0436. The first-order valence-electron chi connectivity index (χ1n) is 6.03. The van der Waals surface area contributed by atoms with Crippen molar-refractivity contribution in [2.24, 2.45) is 0 Å². The van der Waals surface area contributed by atoms with Crippen LogP contribution in [0.25, 0.3) is 0 Å². The van der Waals surface area contributed by atoms with Gasteiger partial charge in [0.1, 0.15) is 5.69 Å². The van der Waals surface area contributed by atoms with E-state index in [0.29, 0.717) is 12.1 Å². The Hall–Kier alpha value is -2.62. The normalized spacial score (nSPS) is 12.0. The van der Waals surface area contributed by atoms with E-state index in [1.807, 2.05) is 0 Å². The highest BCUT2D eigenvalue weighted by Crippen LogP contribution is 2.30. The van der Waals surface area contributed by atoms with E-state index in [1.165, 1.54) is 18.5 Å². The molecule has 0 atom stereocenters. The number of rotatable bonds is 3. The van der Waals surface area contributed by atoms with Crippen molar-refractivity contribution in [2.75, 3.05) is 5.32 Å². The van der Waals surface area contributed by atoms with Crippen molar-refractivity contribution in [1.82, 2.24) is 4.98 Å². The molecule has 1 aromatic carbocycles. The van der Waals surface area contributed by atoms with Gasteiger partial charge >= 0.3 is 5.51 Å². The standard InChI is InChI=1S/C13H9F3N2O4S/c14-13(15,16)23(21,22)9-3-1-8(2-4-9)12(20)18-10-7-17-6-5-11(10)19/h1-7H,(H,17,19)(H,18,20). The quantitative estimate of drug-likeness (QED) is 0.887. The molecule has 0 aliphatic carbocycles. The Bertz CT molecular complexity index is 886. The van der Waals surface area contributed by atoms with E-state index in [9.17, 15) is 31.2 Å². The predicted octanol–water partition coefficient (Wildman–Crippen LogP) is 1.92. The van der Waals surface area contributed by atoms with Gasteiger partial charge in [-0.3, -0.25) is 9.59 Å². The molecule has 0 fully saturated rings. The summed E-state index contributed by atoms with van der Waals surface area (Å²) in [5.41, 5.74) is -6.04. The third kappa shape index (κ3) is 3.42. The van der Waals surface area contributed by atoms with Gasteiger partial charge in [0, 0.05) is 24.0 Å². The maximum Gasteiger partial charge on any atom is 0.501 e. The summed E-state index contributed by atoms with van der Waals surface area (Å²) < 4.78 is 59.6. The lowest BCUT2D eigenvalue weighted by Crippen LogP contribution is -2.23. The first-order chi connectivity index (χ1) is 10.6. The zero-order valence-electron chi connectivity index (χ0n) is 11.2. The van der Waals surface area contributed by atoms with E-state index >= 15 is 0 Å². The largest absolute Gasteiger partial charge is 0.501 e. The van der Waals surface area contributed by atoms with Crippen LogP contribution in [-0.2, 0) is 9.84 Å². The van der Waals surface area contributed by atoms with Crippen LogP contribution in [0.1, 0.15) is 10.4 Å². The number of carbonyl (C=O) groups excluding carboxylic acids is 1. The Morgan fingerprint density at radius 3 is 2.22 bits per heavy atom. The molecule has 0 unspecified atom stereocenters. The average Bonchev–Trinajstić information content (AvgIpc) is 2.48. The van der Waals surface area contributed by atoms with Crippen LogP contribution in [0.15, 0.2) is 52.4 Å². The SMILES string of the molecule is O=C(Nc1c[nH]ccc1=O)c1ccc(S(=O)(=O)C(F)(F)F)cc1. The second kappa shape index (κ2) is 5.88. The minimum atomic E-state index is -5.47. The molecule has 0 aliphatic heterocycles. The number of aromatic amines is 1. The summed E-state index contributed by atoms with van der Waals surface area (Å²) in [4.78, 5) is 24.9. The van der Waals surface area contributed by atoms with Gasteiger partial charge < -0.3 is 10.3 Å². The maximum absolute atomic E-state index is 12.4. The zero-order valence-corrected chi connectivity index (χ0v) is 12.0. The number of sulfone groups is 1. The number of carbonyl (C=O) groups is 1. The number of nitrogens with one attached hydrogen (secondary N) is 2. The van der Waals surface area contributed by atoms with Crippen molar-refractivity contribution in [3.05, 3.63) is 58.5 Å². The Morgan fingerprint density at radius 2 is 1.70 bits per heavy atom. The highest BCUT2D eigenvalue weighted by Gasteiger charge is 2.46. The van der Waals surface area contributed by atoms with Crippen LogP contribution < -0.4 is 10.7 Å². The molecule has 1 heterocycles. The average molecular weight is 346 g/mol. The molecule has 122 valence electrons. The van der Waals surface area contributed by atoms with E-state index in [-0.39, 0.29) is 11.3 Å². The van der Waals surface area contributed by atoms with Crippen molar-refractivity contribution >= 4 is 21.4 Å². The summed E-state index contributed by atoms with van der Waals surface area (Å²) in [6.07, 6.45) is 2.59. The monoisotopic (exact) mass is 346 g/mol. The van der Waals surface area contributed by atoms with Crippen LogP contribution in [0.5, 0.6) is 0 Å².